The van der Waals surface area contributed by atoms with Crippen LogP contribution in [0.25, 0.3) is 0 Å². The van der Waals surface area contributed by atoms with E-state index in [1.807, 2.05) is 52.0 Å². The third-order valence-electron chi connectivity index (χ3n) is 6.16. The van der Waals surface area contributed by atoms with Crippen molar-refractivity contribution in [2.24, 2.45) is 5.41 Å². The van der Waals surface area contributed by atoms with Crippen LogP contribution in [0.5, 0.6) is 0 Å². The zero-order valence-corrected chi connectivity index (χ0v) is 22.2. The Balaban J connectivity index is 0.000000259. The van der Waals surface area contributed by atoms with Crippen molar-refractivity contribution in [1.29, 1.82) is 0 Å². The van der Waals surface area contributed by atoms with Gasteiger partial charge in [0.05, 0.1) is 28.4 Å². The Kier molecular flexibility index (Phi) is 9.77. The molecule has 0 radical (unpaired) electrons. The minimum atomic E-state index is -0.579. The van der Waals surface area contributed by atoms with Crippen LogP contribution in [0.4, 0.5) is 17.1 Å². The molecule has 0 aromatic heterocycles. The first kappa shape index (κ1) is 29.0. The van der Waals surface area contributed by atoms with E-state index in [1.165, 1.54) is 11.1 Å². The summed E-state index contributed by atoms with van der Waals surface area (Å²) in [6.07, 6.45) is 1.47. The van der Waals surface area contributed by atoms with E-state index in [0.717, 1.165) is 18.4 Å². The molecule has 11 heteroatoms. The van der Waals surface area contributed by atoms with Gasteiger partial charge in [-0.25, -0.2) is 5.06 Å². The van der Waals surface area contributed by atoms with Gasteiger partial charge >= 0.3 is 5.69 Å². The van der Waals surface area contributed by atoms with Gasteiger partial charge in [-0.3, -0.25) is 29.9 Å². The van der Waals surface area contributed by atoms with Gasteiger partial charge in [-0.05, 0) is 57.7 Å². The second-order valence-corrected chi connectivity index (χ2v) is 9.73. The molecule has 10 nitrogen and oxygen atoms in total. The van der Waals surface area contributed by atoms with Gasteiger partial charge in [0.15, 0.2) is 5.69 Å². The van der Waals surface area contributed by atoms with Crippen LogP contribution in [0.2, 0.25) is 5.02 Å². The number of hydrogen-bond donors (Lipinski definition) is 1. The van der Waals surface area contributed by atoms with Crippen molar-refractivity contribution in [3.05, 3.63) is 72.3 Å². The molecule has 0 saturated carbocycles. The first-order valence-corrected chi connectivity index (χ1v) is 12.1. The summed E-state index contributed by atoms with van der Waals surface area (Å²) in [4.78, 5) is 38.6. The second kappa shape index (κ2) is 12.1. The first-order valence-electron chi connectivity index (χ1n) is 11.7. The lowest BCUT2D eigenvalue weighted by atomic mass is 9.95. The Hall–Kier alpha value is -3.24. The molecule has 0 aliphatic carbocycles. The standard InChI is InChI=1S/C13H19N3O4.C12H14ClNO2/c1-5-10(6-2)14-12-11(15(17)18)7-8(3)9(4)13(12)16(19)20;1-12(2)8-16-14(11(12)15)7-9-5-3-4-6-10(9)13/h7,10,14H,5-6H2,1-4H3;3-6H,7-8H2,1-2H3. The number of nitro benzene ring substituents is 2. The van der Waals surface area contributed by atoms with Crippen molar-refractivity contribution in [1.82, 2.24) is 5.06 Å². The molecule has 1 aliphatic rings. The minimum absolute atomic E-state index is 0.00687. The number of rotatable bonds is 8. The zero-order chi connectivity index (χ0) is 27.2. The summed E-state index contributed by atoms with van der Waals surface area (Å²) in [5.41, 5.74) is 1.02. The van der Waals surface area contributed by atoms with Crippen LogP contribution in [0.1, 0.15) is 57.2 Å². The van der Waals surface area contributed by atoms with E-state index < -0.39 is 15.3 Å². The van der Waals surface area contributed by atoms with Crippen molar-refractivity contribution in [3.8, 4) is 0 Å². The number of hydroxylamine groups is 2. The highest BCUT2D eigenvalue weighted by Gasteiger charge is 2.40. The highest BCUT2D eigenvalue weighted by Crippen LogP contribution is 2.39. The lowest BCUT2D eigenvalue weighted by molar-refractivity contribution is -0.392. The maximum absolute atomic E-state index is 11.9. The van der Waals surface area contributed by atoms with E-state index in [0.29, 0.717) is 29.3 Å². The summed E-state index contributed by atoms with van der Waals surface area (Å²) < 4.78 is 0. The number of benzene rings is 2. The summed E-state index contributed by atoms with van der Waals surface area (Å²) in [5.74, 6) is 0.00687. The topological polar surface area (TPSA) is 128 Å². The van der Waals surface area contributed by atoms with Crippen molar-refractivity contribution in [2.75, 3.05) is 11.9 Å². The number of hydrogen-bond acceptors (Lipinski definition) is 7. The number of nitrogens with one attached hydrogen (secondary N) is 1. The normalized spacial score (nSPS) is 14.4. The van der Waals surface area contributed by atoms with Crippen molar-refractivity contribution in [2.45, 2.75) is 67.0 Å². The smallest absolute Gasteiger partial charge is 0.302 e. The highest BCUT2D eigenvalue weighted by molar-refractivity contribution is 6.31. The number of halogens is 1. The van der Waals surface area contributed by atoms with Crippen molar-refractivity contribution in [3.63, 3.8) is 0 Å². The summed E-state index contributed by atoms with van der Waals surface area (Å²) in [6, 6.07) is 8.81. The lowest BCUT2D eigenvalue weighted by Gasteiger charge is -2.17. The lowest BCUT2D eigenvalue weighted by Crippen LogP contribution is -2.30. The van der Waals surface area contributed by atoms with E-state index in [9.17, 15) is 25.0 Å². The first-order chi connectivity index (χ1) is 16.8. The molecule has 1 amide bonds. The van der Waals surface area contributed by atoms with E-state index in [4.69, 9.17) is 16.4 Å². The molecule has 196 valence electrons. The van der Waals surface area contributed by atoms with Gasteiger partial charge in [-0.2, -0.15) is 0 Å². The van der Waals surface area contributed by atoms with Gasteiger partial charge in [0.2, 0.25) is 0 Å². The third kappa shape index (κ3) is 6.70. The van der Waals surface area contributed by atoms with Crippen molar-refractivity contribution < 1.29 is 19.5 Å². The molecule has 2 aromatic carbocycles. The quantitative estimate of drug-likeness (QED) is 0.316. The Bertz CT molecular complexity index is 1130. The average Bonchev–Trinajstić information content (AvgIpc) is 3.07. The second-order valence-electron chi connectivity index (χ2n) is 9.32. The Labute approximate surface area is 215 Å². The number of nitro groups is 2. The van der Waals surface area contributed by atoms with E-state index >= 15 is 0 Å². The van der Waals surface area contributed by atoms with Crippen LogP contribution >= 0.6 is 11.6 Å². The van der Waals surface area contributed by atoms with Gasteiger partial charge in [0.25, 0.3) is 11.6 Å². The molecule has 0 atom stereocenters. The molecule has 0 spiro atoms. The molecule has 36 heavy (non-hydrogen) atoms. The highest BCUT2D eigenvalue weighted by atomic mass is 35.5. The average molecular weight is 521 g/mol. The van der Waals surface area contributed by atoms with Crippen LogP contribution in [0.15, 0.2) is 30.3 Å². The zero-order valence-electron chi connectivity index (χ0n) is 21.5. The molecular formula is C25H33ClN4O6. The molecule has 1 saturated heterocycles. The minimum Gasteiger partial charge on any atom is -0.371 e. The molecule has 1 fully saturated rings. The molecular weight excluding hydrogens is 488 g/mol. The van der Waals surface area contributed by atoms with Crippen LogP contribution in [0, 0.1) is 39.5 Å². The maximum Gasteiger partial charge on any atom is 0.302 e. The summed E-state index contributed by atoms with van der Waals surface area (Å²) in [6.45, 7) is 11.7. The fourth-order valence-electron chi connectivity index (χ4n) is 3.69. The predicted molar refractivity (Wildman–Crippen MR) is 139 cm³/mol. The molecule has 3 rings (SSSR count). The fourth-order valence-corrected chi connectivity index (χ4v) is 3.88. The van der Waals surface area contributed by atoms with Gasteiger partial charge in [-0.1, -0.05) is 43.6 Å². The van der Waals surface area contributed by atoms with Crippen LogP contribution in [0.3, 0.4) is 0 Å². The monoisotopic (exact) mass is 520 g/mol. The summed E-state index contributed by atoms with van der Waals surface area (Å²) in [7, 11) is 0. The molecule has 0 unspecified atom stereocenters. The number of aryl methyl sites for hydroxylation is 1. The number of carbonyl (C=O) groups excluding carboxylic acids is 1. The van der Waals surface area contributed by atoms with Crippen LogP contribution < -0.4 is 5.32 Å². The Morgan fingerprint density at radius 3 is 2.22 bits per heavy atom. The van der Waals surface area contributed by atoms with Gasteiger partial charge < -0.3 is 5.32 Å². The van der Waals surface area contributed by atoms with Gasteiger partial charge in [0.1, 0.15) is 0 Å². The number of nitrogens with zero attached hydrogens (tertiary/aromatic N) is 3. The van der Waals surface area contributed by atoms with Crippen molar-refractivity contribution >= 4 is 34.6 Å². The Morgan fingerprint density at radius 1 is 1.14 bits per heavy atom. The molecule has 0 bridgehead atoms. The SMILES string of the molecule is CC1(C)CON(Cc2ccccc2Cl)C1=O.CCC(CC)Nc1c([N+](=O)[O-])cc(C)c(C)c1[N+](=O)[O-]. The molecule has 1 aliphatic heterocycles. The molecule has 1 N–H and O–H groups in total. The maximum atomic E-state index is 11.9. The molecule has 2 aromatic rings. The summed E-state index contributed by atoms with van der Waals surface area (Å²) >= 11 is 6.03. The largest absolute Gasteiger partial charge is 0.371 e. The molecule has 1 heterocycles. The van der Waals surface area contributed by atoms with E-state index in [1.54, 1.807) is 13.8 Å². The number of anilines is 1. The van der Waals surface area contributed by atoms with E-state index in [2.05, 4.69) is 5.32 Å². The van der Waals surface area contributed by atoms with E-state index in [-0.39, 0.29) is 29.0 Å². The van der Waals surface area contributed by atoms with Gasteiger partial charge in [-0.15, -0.1) is 0 Å². The Morgan fingerprint density at radius 2 is 1.75 bits per heavy atom. The predicted octanol–water partition coefficient (Wildman–Crippen LogP) is 6.36. The number of carbonyl (C=O) groups is 1. The third-order valence-corrected chi connectivity index (χ3v) is 6.53. The fraction of sp³-hybridized carbons (Fsp3) is 0.480. The van der Waals surface area contributed by atoms with Crippen LogP contribution in [-0.4, -0.2) is 33.5 Å². The number of amides is 1. The van der Waals surface area contributed by atoms with Gasteiger partial charge in [0, 0.05) is 22.7 Å². The van der Waals surface area contributed by atoms with Crippen LogP contribution in [-0.2, 0) is 16.2 Å². The summed E-state index contributed by atoms with van der Waals surface area (Å²) in [5, 5.41) is 27.4.